The maximum Gasteiger partial charge on any atom is 0.0575 e. The molecule has 3 N–H and O–H groups in total. The fraction of sp³-hybridized carbons (Fsp3) is 1.00. The van der Waals surface area contributed by atoms with Gasteiger partial charge in [0.15, 0.2) is 0 Å². The Hall–Kier alpha value is -0.120. The van der Waals surface area contributed by atoms with Crippen LogP contribution in [-0.4, -0.2) is 18.8 Å². The molecule has 2 aliphatic rings. The van der Waals surface area contributed by atoms with Gasteiger partial charge in [-0.1, -0.05) is 25.7 Å². The first kappa shape index (κ1) is 14.3. The van der Waals surface area contributed by atoms with Crippen molar-refractivity contribution in [3.05, 3.63) is 0 Å². The minimum Gasteiger partial charge on any atom is -0.378 e. The molecule has 0 aromatic rings. The summed E-state index contributed by atoms with van der Waals surface area (Å²) in [7, 11) is 0. The molecule has 0 bridgehead atoms. The van der Waals surface area contributed by atoms with Crippen molar-refractivity contribution >= 4 is 0 Å². The van der Waals surface area contributed by atoms with Gasteiger partial charge in [-0.2, -0.15) is 0 Å². The summed E-state index contributed by atoms with van der Waals surface area (Å²) in [6.45, 7) is 0.967. The first-order valence-electron chi connectivity index (χ1n) is 7.98. The fourth-order valence-corrected chi connectivity index (χ4v) is 3.57. The number of nitrogens with two attached hydrogens (primary N) is 1. The van der Waals surface area contributed by atoms with Crippen molar-refractivity contribution in [2.45, 2.75) is 82.8 Å². The summed E-state index contributed by atoms with van der Waals surface area (Å²) in [5, 5.41) is 0. The molecule has 3 heteroatoms. The van der Waals surface area contributed by atoms with E-state index in [2.05, 4.69) is 5.43 Å². The lowest BCUT2D eigenvalue weighted by molar-refractivity contribution is 0.00729. The SMILES string of the molecule is NNC(CCC1CCCCO1)C1CCCCCC1. The van der Waals surface area contributed by atoms with Crippen LogP contribution < -0.4 is 11.3 Å². The topological polar surface area (TPSA) is 47.3 Å². The maximum atomic E-state index is 5.82. The molecule has 0 aromatic heterocycles. The van der Waals surface area contributed by atoms with E-state index in [4.69, 9.17) is 10.6 Å². The van der Waals surface area contributed by atoms with Gasteiger partial charge in [-0.25, -0.2) is 0 Å². The van der Waals surface area contributed by atoms with E-state index in [1.165, 1.54) is 70.6 Å². The fourth-order valence-electron chi connectivity index (χ4n) is 3.57. The van der Waals surface area contributed by atoms with Crippen molar-refractivity contribution in [1.82, 2.24) is 5.43 Å². The molecule has 0 radical (unpaired) electrons. The molecule has 106 valence electrons. The summed E-state index contributed by atoms with van der Waals surface area (Å²) in [4.78, 5) is 0. The maximum absolute atomic E-state index is 5.82. The van der Waals surface area contributed by atoms with Crippen LogP contribution in [0, 0.1) is 5.92 Å². The van der Waals surface area contributed by atoms with E-state index >= 15 is 0 Å². The zero-order valence-electron chi connectivity index (χ0n) is 11.7. The highest BCUT2D eigenvalue weighted by atomic mass is 16.5. The standard InChI is InChI=1S/C15H30N2O/c16-17-15(13-7-3-1-2-4-8-13)11-10-14-9-5-6-12-18-14/h13-15,17H,1-12,16H2. The van der Waals surface area contributed by atoms with Gasteiger partial charge in [0.1, 0.15) is 0 Å². The number of hydrogen-bond acceptors (Lipinski definition) is 3. The number of ether oxygens (including phenoxy) is 1. The quantitative estimate of drug-likeness (QED) is 0.450. The van der Waals surface area contributed by atoms with Crippen LogP contribution in [0.5, 0.6) is 0 Å². The van der Waals surface area contributed by atoms with Crippen molar-refractivity contribution < 1.29 is 4.74 Å². The minimum atomic E-state index is 0.500. The zero-order valence-corrected chi connectivity index (χ0v) is 11.7. The van der Waals surface area contributed by atoms with Gasteiger partial charge >= 0.3 is 0 Å². The summed E-state index contributed by atoms with van der Waals surface area (Å²) >= 11 is 0. The van der Waals surface area contributed by atoms with Gasteiger partial charge in [-0.05, 0) is 50.9 Å². The van der Waals surface area contributed by atoms with Gasteiger partial charge in [0.05, 0.1) is 6.10 Å². The molecular formula is C15H30N2O. The predicted octanol–water partition coefficient (Wildman–Crippen LogP) is 3.14. The monoisotopic (exact) mass is 254 g/mol. The third kappa shape index (κ3) is 4.52. The van der Waals surface area contributed by atoms with Crippen molar-refractivity contribution in [3.63, 3.8) is 0 Å². The Morgan fingerprint density at radius 3 is 2.33 bits per heavy atom. The smallest absolute Gasteiger partial charge is 0.0575 e. The minimum absolute atomic E-state index is 0.500. The molecule has 0 amide bonds. The van der Waals surface area contributed by atoms with Gasteiger partial charge < -0.3 is 4.74 Å². The molecule has 3 nitrogen and oxygen atoms in total. The number of hydrazine groups is 1. The second-order valence-corrected chi connectivity index (χ2v) is 6.09. The molecule has 18 heavy (non-hydrogen) atoms. The van der Waals surface area contributed by atoms with Crippen LogP contribution in [0.25, 0.3) is 0 Å². The van der Waals surface area contributed by atoms with Crippen LogP contribution in [0.3, 0.4) is 0 Å². The zero-order chi connectivity index (χ0) is 12.6. The lowest BCUT2D eigenvalue weighted by Crippen LogP contribution is -2.41. The van der Waals surface area contributed by atoms with E-state index in [1.807, 2.05) is 0 Å². The average molecular weight is 254 g/mol. The van der Waals surface area contributed by atoms with Crippen LogP contribution in [-0.2, 0) is 4.74 Å². The number of hydrogen-bond donors (Lipinski definition) is 2. The average Bonchev–Trinajstić information content (AvgIpc) is 2.70. The molecular weight excluding hydrogens is 224 g/mol. The van der Waals surface area contributed by atoms with Crippen LogP contribution >= 0.6 is 0 Å². The Kier molecular flexibility index (Phi) is 6.46. The third-order valence-corrected chi connectivity index (χ3v) is 4.76. The molecule has 2 fully saturated rings. The molecule has 2 unspecified atom stereocenters. The van der Waals surface area contributed by atoms with Crippen LogP contribution in [0.1, 0.15) is 70.6 Å². The lowest BCUT2D eigenvalue weighted by atomic mass is 9.88. The molecule has 1 aliphatic carbocycles. The molecule has 1 aliphatic heterocycles. The molecule has 1 saturated carbocycles. The summed E-state index contributed by atoms with van der Waals surface area (Å²) in [6, 6.07) is 0.508. The molecule has 0 aromatic carbocycles. The highest BCUT2D eigenvalue weighted by molar-refractivity contribution is 4.78. The normalized spacial score (nSPS) is 28.8. The van der Waals surface area contributed by atoms with E-state index < -0.39 is 0 Å². The molecule has 1 saturated heterocycles. The summed E-state index contributed by atoms with van der Waals surface area (Å²) in [6.07, 6.45) is 15.1. The van der Waals surface area contributed by atoms with Crippen molar-refractivity contribution in [1.29, 1.82) is 0 Å². The Bertz CT molecular complexity index is 209. The predicted molar refractivity (Wildman–Crippen MR) is 75.1 cm³/mol. The van der Waals surface area contributed by atoms with Crippen LogP contribution in [0.2, 0.25) is 0 Å². The summed E-state index contributed by atoms with van der Waals surface area (Å²) in [5.41, 5.74) is 3.08. The van der Waals surface area contributed by atoms with Crippen LogP contribution in [0.4, 0.5) is 0 Å². The van der Waals surface area contributed by atoms with Crippen LogP contribution in [0.15, 0.2) is 0 Å². The second kappa shape index (κ2) is 8.13. The van der Waals surface area contributed by atoms with Gasteiger partial charge in [-0.15, -0.1) is 0 Å². The van der Waals surface area contributed by atoms with E-state index in [9.17, 15) is 0 Å². The lowest BCUT2D eigenvalue weighted by Gasteiger charge is -2.28. The first-order chi connectivity index (χ1) is 8.90. The number of rotatable bonds is 5. The highest BCUT2D eigenvalue weighted by Gasteiger charge is 2.23. The van der Waals surface area contributed by atoms with E-state index in [0.717, 1.165) is 12.5 Å². The van der Waals surface area contributed by atoms with Gasteiger partial charge in [0, 0.05) is 12.6 Å². The Balaban J connectivity index is 1.72. The molecule has 2 rings (SSSR count). The van der Waals surface area contributed by atoms with E-state index in [0.29, 0.717) is 12.1 Å². The summed E-state index contributed by atoms with van der Waals surface area (Å²) in [5.74, 6) is 6.57. The Morgan fingerprint density at radius 1 is 1.00 bits per heavy atom. The molecule has 1 heterocycles. The summed E-state index contributed by atoms with van der Waals surface area (Å²) < 4.78 is 5.82. The van der Waals surface area contributed by atoms with E-state index in [-0.39, 0.29) is 0 Å². The Labute approximate surface area is 112 Å². The molecule has 0 spiro atoms. The third-order valence-electron chi connectivity index (χ3n) is 4.76. The first-order valence-corrected chi connectivity index (χ1v) is 7.98. The highest BCUT2D eigenvalue weighted by Crippen LogP contribution is 2.28. The van der Waals surface area contributed by atoms with Gasteiger partial charge in [-0.3, -0.25) is 11.3 Å². The van der Waals surface area contributed by atoms with Gasteiger partial charge in [0.25, 0.3) is 0 Å². The van der Waals surface area contributed by atoms with Gasteiger partial charge in [0.2, 0.25) is 0 Å². The largest absolute Gasteiger partial charge is 0.378 e. The second-order valence-electron chi connectivity index (χ2n) is 6.09. The van der Waals surface area contributed by atoms with Crippen molar-refractivity contribution in [2.24, 2.45) is 11.8 Å². The van der Waals surface area contributed by atoms with Crippen molar-refractivity contribution in [2.75, 3.05) is 6.61 Å². The molecule has 2 atom stereocenters. The van der Waals surface area contributed by atoms with Crippen molar-refractivity contribution in [3.8, 4) is 0 Å². The number of nitrogens with one attached hydrogen (secondary N) is 1. The van der Waals surface area contributed by atoms with E-state index in [1.54, 1.807) is 0 Å². The Morgan fingerprint density at radius 2 is 1.72 bits per heavy atom.